The average molecular weight is 864 g/mol. The summed E-state index contributed by atoms with van der Waals surface area (Å²) in [5.74, 6) is -5.14. The molecule has 4 aliphatic rings. The number of ketones is 2. The van der Waals surface area contributed by atoms with E-state index in [1.165, 1.54) is 6.92 Å². The Kier molecular flexibility index (Phi) is 15.3. The molecule has 0 aliphatic carbocycles. The van der Waals surface area contributed by atoms with Gasteiger partial charge in [0.1, 0.15) is 23.9 Å². The van der Waals surface area contributed by atoms with Gasteiger partial charge in [0.25, 0.3) is 0 Å². The SMILES string of the molecule is CC[C@H]1OC(=O)[C@H](C)C(=O)[C@H](C)[C@@H](O[C@@H]2O[C@H](C)C[C@H](N(C)C)[C@H]2O)[C@@](C)(OC/C=C/c2cnc3ccccc3c2)C[C@@H](C)C(=O)[C@H](CN2CCN(C)CC2)[C@H]2NC(=O)O[C@@]21C. The summed E-state index contributed by atoms with van der Waals surface area (Å²) < 4.78 is 32.1. The summed E-state index contributed by atoms with van der Waals surface area (Å²) in [4.78, 5) is 68.3. The van der Waals surface area contributed by atoms with E-state index in [0.29, 0.717) is 13.0 Å². The van der Waals surface area contributed by atoms with E-state index in [2.05, 4.69) is 27.1 Å². The van der Waals surface area contributed by atoms with Crippen LogP contribution in [0.3, 0.4) is 0 Å². The molecule has 1 aromatic heterocycles. The van der Waals surface area contributed by atoms with Crippen LogP contribution in [0.1, 0.15) is 73.3 Å². The second-order valence-electron chi connectivity index (χ2n) is 18.8. The third-order valence-corrected chi connectivity index (χ3v) is 13.8. The lowest BCUT2D eigenvalue weighted by atomic mass is 9.73. The first-order chi connectivity index (χ1) is 29.3. The molecule has 13 atom stereocenters. The molecule has 15 nitrogen and oxygen atoms in total. The molecule has 4 saturated heterocycles. The molecule has 342 valence electrons. The van der Waals surface area contributed by atoms with Gasteiger partial charge in [-0.05, 0) is 85.8 Å². The minimum Gasteiger partial charge on any atom is -0.458 e. The van der Waals surface area contributed by atoms with Crippen molar-refractivity contribution in [2.75, 3.05) is 60.5 Å². The van der Waals surface area contributed by atoms with Crippen LogP contribution in [0.15, 0.2) is 42.6 Å². The van der Waals surface area contributed by atoms with Crippen LogP contribution in [0, 0.1) is 23.7 Å². The van der Waals surface area contributed by atoms with Crippen LogP contribution in [0.4, 0.5) is 4.79 Å². The third-order valence-electron chi connectivity index (χ3n) is 13.8. The van der Waals surface area contributed by atoms with Crippen LogP contribution in [-0.2, 0) is 38.1 Å². The molecule has 2 aromatic rings. The van der Waals surface area contributed by atoms with Gasteiger partial charge < -0.3 is 43.9 Å². The molecule has 1 amide bonds. The molecule has 62 heavy (non-hydrogen) atoms. The van der Waals surface area contributed by atoms with E-state index in [1.54, 1.807) is 20.0 Å². The fraction of sp³-hybridized carbons (Fsp3) is 0.681. The van der Waals surface area contributed by atoms with Gasteiger partial charge in [0.05, 0.1) is 41.9 Å². The van der Waals surface area contributed by atoms with Crippen molar-refractivity contribution >= 4 is 40.6 Å². The zero-order chi connectivity index (χ0) is 45.1. The number of fused-ring (bicyclic) bond motifs is 2. The van der Waals surface area contributed by atoms with E-state index < -0.39 is 83.4 Å². The van der Waals surface area contributed by atoms with Crippen molar-refractivity contribution in [1.82, 2.24) is 25.0 Å². The Bertz CT molecular complexity index is 1940. The number of carbonyl (C=O) groups excluding carboxylic acids is 4. The number of esters is 1. The molecule has 0 bridgehead atoms. The molecule has 4 fully saturated rings. The first kappa shape index (κ1) is 47.6. The van der Waals surface area contributed by atoms with E-state index in [4.69, 9.17) is 23.7 Å². The molecule has 6 rings (SSSR count). The van der Waals surface area contributed by atoms with Crippen LogP contribution in [0.25, 0.3) is 17.0 Å². The predicted octanol–water partition coefficient (Wildman–Crippen LogP) is 4.34. The Morgan fingerprint density at radius 1 is 1.03 bits per heavy atom. The number of carbonyl (C=O) groups is 4. The number of rotatable bonds is 10. The molecular weight excluding hydrogens is 795 g/mol. The number of piperazine rings is 1. The third kappa shape index (κ3) is 10.4. The molecule has 1 aromatic carbocycles. The van der Waals surface area contributed by atoms with Gasteiger partial charge in [0.2, 0.25) is 0 Å². The summed E-state index contributed by atoms with van der Waals surface area (Å²) in [5.41, 5.74) is -1.07. The highest BCUT2D eigenvalue weighted by atomic mass is 16.7. The van der Waals surface area contributed by atoms with Crippen LogP contribution in [-0.4, -0.2) is 163 Å². The number of benzene rings is 1. The summed E-state index contributed by atoms with van der Waals surface area (Å²) in [7, 11) is 5.83. The van der Waals surface area contributed by atoms with Crippen LogP contribution in [0.2, 0.25) is 0 Å². The molecule has 0 radical (unpaired) electrons. The summed E-state index contributed by atoms with van der Waals surface area (Å²) >= 11 is 0. The highest BCUT2D eigenvalue weighted by molar-refractivity contribution is 6.00. The number of ether oxygens (including phenoxy) is 5. The van der Waals surface area contributed by atoms with Crippen molar-refractivity contribution < 1.29 is 48.0 Å². The minimum atomic E-state index is -1.42. The molecule has 0 saturated carbocycles. The highest BCUT2D eigenvalue weighted by Crippen LogP contribution is 2.41. The highest BCUT2D eigenvalue weighted by Gasteiger charge is 2.58. The fourth-order valence-corrected chi connectivity index (χ4v) is 10.0. The average Bonchev–Trinajstić information content (AvgIpc) is 3.55. The van der Waals surface area contributed by atoms with Gasteiger partial charge >= 0.3 is 12.1 Å². The number of cyclic esters (lactones) is 1. The van der Waals surface area contributed by atoms with Crippen LogP contribution in [0.5, 0.6) is 0 Å². The van der Waals surface area contributed by atoms with E-state index in [1.807, 2.05) is 89.2 Å². The van der Waals surface area contributed by atoms with E-state index >= 15 is 4.79 Å². The number of aromatic nitrogens is 1. The number of aliphatic hydroxyl groups is 1. The second-order valence-corrected chi connectivity index (χ2v) is 18.8. The van der Waals surface area contributed by atoms with Gasteiger partial charge in [-0.15, -0.1) is 0 Å². The quantitative estimate of drug-likeness (QED) is 0.256. The van der Waals surface area contributed by atoms with E-state index in [9.17, 15) is 19.5 Å². The lowest BCUT2D eigenvalue weighted by Gasteiger charge is -2.47. The number of Topliss-reactive ketones (excluding diaryl/α,β-unsaturated/α-hetero) is 2. The first-order valence-corrected chi connectivity index (χ1v) is 22.3. The monoisotopic (exact) mass is 864 g/mol. The molecule has 0 unspecified atom stereocenters. The molecule has 0 spiro atoms. The number of likely N-dealkylation sites (N-methyl/N-ethyl adjacent to an activating group) is 2. The zero-order valence-corrected chi connectivity index (χ0v) is 38.2. The number of alkyl carbamates (subject to hydrolysis) is 1. The van der Waals surface area contributed by atoms with E-state index in [-0.39, 0.29) is 37.4 Å². The Hall–Kier alpha value is -3.83. The lowest BCUT2D eigenvalue weighted by molar-refractivity contribution is -0.296. The predicted molar refractivity (Wildman–Crippen MR) is 234 cm³/mol. The number of amides is 1. The number of nitrogens with one attached hydrogen (secondary N) is 1. The van der Waals surface area contributed by atoms with Gasteiger partial charge in [-0.25, -0.2) is 4.79 Å². The van der Waals surface area contributed by atoms with Crippen molar-refractivity contribution in [2.24, 2.45) is 23.7 Å². The maximum absolute atomic E-state index is 15.3. The first-order valence-electron chi connectivity index (χ1n) is 22.3. The van der Waals surface area contributed by atoms with Crippen molar-refractivity contribution in [3.05, 3.63) is 48.2 Å². The number of nitrogens with zero attached hydrogens (tertiary/aromatic N) is 4. The minimum absolute atomic E-state index is 0.0565. The fourth-order valence-electron chi connectivity index (χ4n) is 10.0. The zero-order valence-electron chi connectivity index (χ0n) is 38.2. The smallest absolute Gasteiger partial charge is 0.408 e. The maximum atomic E-state index is 15.3. The Labute approximate surface area is 366 Å². The van der Waals surface area contributed by atoms with Gasteiger partial charge in [0.15, 0.2) is 17.7 Å². The van der Waals surface area contributed by atoms with Gasteiger partial charge in [-0.3, -0.25) is 24.3 Å². The summed E-state index contributed by atoms with van der Waals surface area (Å²) in [6.45, 7) is 15.8. The number of hydrogen-bond donors (Lipinski definition) is 2. The number of hydrogen-bond acceptors (Lipinski definition) is 14. The van der Waals surface area contributed by atoms with Gasteiger partial charge in [0, 0.05) is 62.2 Å². The topological polar surface area (TPSA) is 169 Å². The number of pyridine rings is 1. The molecule has 15 heteroatoms. The largest absolute Gasteiger partial charge is 0.458 e. The standard InChI is InChI=1S/C47H69N5O10/c1-11-37-47(7)41(49-45(57)62-47)34(27-52-20-18-51(10)19-21-52)38(53)28(2)25-46(6,58-22-14-15-32-24-33-16-12-13-17-35(33)48-26-32)42(30(4)39(54)31(5)43(56)60-37)61-44-40(55)36(50(8)9)23-29(3)59-44/h12-17,24,26,28-31,34,36-37,40-42,44,55H,11,18-23,25,27H2,1-10H3,(H,49,57)/b15-14+/t28-,29-,30+,31-,34+,36+,37-,40-,41-,42-,44+,46+,47-/m1/s1. The summed E-state index contributed by atoms with van der Waals surface area (Å²) in [6, 6.07) is 8.71. The van der Waals surface area contributed by atoms with Crippen LogP contribution >= 0.6 is 0 Å². The Morgan fingerprint density at radius 3 is 2.44 bits per heavy atom. The maximum Gasteiger partial charge on any atom is 0.408 e. The van der Waals surface area contributed by atoms with Crippen LogP contribution < -0.4 is 5.32 Å². The van der Waals surface area contributed by atoms with Gasteiger partial charge in [-0.2, -0.15) is 0 Å². The number of para-hydroxylation sites is 1. The van der Waals surface area contributed by atoms with E-state index in [0.717, 1.165) is 42.6 Å². The molecule has 4 aliphatic heterocycles. The molecular formula is C47H69N5O10. The molecule has 5 heterocycles. The Balaban J connectivity index is 1.42. The summed E-state index contributed by atoms with van der Waals surface area (Å²) in [6.07, 6.45) is 1.10. The van der Waals surface area contributed by atoms with Crippen molar-refractivity contribution in [2.45, 2.75) is 122 Å². The number of aliphatic hydroxyl groups excluding tert-OH is 1. The lowest BCUT2D eigenvalue weighted by Crippen LogP contribution is -2.61. The normalized spacial score (nSPS) is 37.3. The van der Waals surface area contributed by atoms with Gasteiger partial charge in [-0.1, -0.05) is 51.1 Å². The van der Waals surface area contributed by atoms with Crippen molar-refractivity contribution in [3.63, 3.8) is 0 Å². The van der Waals surface area contributed by atoms with Crippen molar-refractivity contribution in [1.29, 1.82) is 0 Å². The Morgan fingerprint density at radius 2 is 1.74 bits per heavy atom. The summed E-state index contributed by atoms with van der Waals surface area (Å²) in [5, 5.41) is 15.7. The van der Waals surface area contributed by atoms with Crippen molar-refractivity contribution in [3.8, 4) is 0 Å². The molecule has 2 N–H and O–H groups in total. The second kappa shape index (κ2) is 19.9.